The van der Waals surface area contributed by atoms with E-state index in [4.69, 9.17) is 4.98 Å². The molecule has 32 heavy (non-hydrogen) atoms. The monoisotopic (exact) mass is 422 g/mol. The van der Waals surface area contributed by atoms with Crippen molar-refractivity contribution in [2.45, 2.75) is 6.92 Å². The van der Waals surface area contributed by atoms with Gasteiger partial charge in [0.1, 0.15) is 16.9 Å². The van der Waals surface area contributed by atoms with E-state index in [2.05, 4.69) is 35.1 Å². The fourth-order valence-electron chi connectivity index (χ4n) is 3.81. The molecule has 0 spiro atoms. The maximum Gasteiger partial charge on any atom is 0.161 e. The van der Waals surface area contributed by atoms with E-state index in [-0.39, 0.29) is 5.69 Å². The Morgan fingerprint density at radius 1 is 0.844 bits per heavy atom. The Balaban J connectivity index is 1.56. The van der Waals surface area contributed by atoms with Crippen molar-refractivity contribution in [3.05, 3.63) is 72.8 Å². The van der Waals surface area contributed by atoms with E-state index in [0.717, 1.165) is 16.6 Å². The lowest BCUT2D eigenvalue weighted by atomic mass is 10.1. The minimum absolute atomic E-state index is 0.222. The molecular formula is C23H15FN8. The lowest BCUT2D eigenvalue weighted by molar-refractivity contribution is 0.638. The van der Waals surface area contributed by atoms with Crippen LogP contribution in [0.4, 0.5) is 4.39 Å². The molecule has 9 heteroatoms. The number of hydrogen-bond donors (Lipinski definition) is 2. The summed E-state index contributed by atoms with van der Waals surface area (Å²) in [6.45, 7) is 1.89. The number of aromatic amines is 2. The molecule has 8 nitrogen and oxygen atoms in total. The summed E-state index contributed by atoms with van der Waals surface area (Å²) in [5.74, 6) is -0.0447. The van der Waals surface area contributed by atoms with Gasteiger partial charge in [0.2, 0.25) is 0 Å². The smallest absolute Gasteiger partial charge is 0.161 e. The highest BCUT2D eigenvalue weighted by Crippen LogP contribution is 2.34. The van der Waals surface area contributed by atoms with Crippen LogP contribution in [0.25, 0.3) is 56.0 Å². The Morgan fingerprint density at radius 3 is 2.59 bits per heavy atom. The normalized spacial score (nSPS) is 11.4. The van der Waals surface area contributed by atoms with E-state index in [0.29, 0.717) is 39.2 Å². The van der Waals surface area contributed by atoms with Crippen LogP contribution in [0.5, 0.6) is 0 Å². The fourth-order valence-corrected chi connectivity index (χ4v) is 3.81. The highest BCUT2D eigenvalue weighted by Gasteiger charge is 2.21. The van der Waals surface area contributed by atoms with Gasteiger partial charge in [0.25, 0.3) is 0 Å². The highest BCUT2D eigenvalue weighted by molar-refractivity contribution is 5.97. The van der Waals surface area contributed by atoms with E-state index < -0.39 is 5.82 Å². The number of fused-ring (bicyclic) bond motifs is 2. The fraction of sp³-hybridized carbons (Fsp3) is 0.0435. The third-order valence-electron chi connectivity index (χ3n) is 5.40. The maximum atomic E-state index is 15.7. The van der Waals surface area contributed by atoms with Crippen LogP contribution in [0.3, 0.4) is 0 Å². The van der Waals surface area contributed by atoms with Crippen LogP contribution in [-0.2, 0) is 0 Å². The molecule has 6 heterocycles. The summed E-state index contributed by atoms with van der Waals surface area (Å²) in [4.78, 5) is 25.0. The standard InChI is InChI=1S/C23H15FN8/c1-12-4-7-26-10-14(12)20-18(24)17-16(11-28-20)31-32-22(17)23-29-15-5-8-27-19(21(15)30-23)13-3-2-6-25-9-13/h2-11H,1H3,(H,29,30)(H,31,32). The van der Waals surface area contributed by atoms with Crippen LogP contribution in [0.1, 0.15) is 5.56 Å². The number of H-pyrrole nitrogens is 2. The van der Waals surface area contributed by atoms with Crippen LogP contribution < -0.4 is 0 Å². The Hall–Kier alpha value is -4.53. The first kappa shape index (κ1) is 18.3. The summed E-state index contributed by atoms with van der Waals surface area (Å²) >= 11 is 0. The third-order valence-corrected chi connectivity index (χ3v) is 5.40. The number of aromatic nitrogens is 8. The van der Waals surface area contributed by atoms with Gasteiger partial charge in [-0.15, -0.1) is 0 Å². The number of pyridine rings is 4. The van der Waals surface area contributed by atoms with Crippen LogP contribution in [0.2, 0.25) is 0 Å². The third kappa shape index (κ3) is 2.75. The van der Waals surface area contributed by atoms with Gasteiger partial charge in [0.15, 0.2) is 11.6 Å². The molecule has 0 radical (unpaired) electrons. The molecule has 0 aliphatic carbocycles. The molecule has 0 amide bonds. The average Bonchev–Trinajstić information content (AvgIpc) is 3.45. The lowest BCUT2D eigenvalue weighted by Gasteiger charge is -2.06. The molecule has 154 valence electrons. The minimum Gasteiger partial charge on any atom is -0.336 e. The Kier molecular flexibility index (Phi) is 4.00. The Labute approximate surface area is 180 Å². The van der Waals surface area contributed by atoms with E-state index in [1.165, 1.54) is 0 Å². The maximum absolute atomic E-state index is 15.7. The molecule has 2 N–H and O–H groups in total. The topological polar surface area (TPSA) is 109 Å². The van der Waals surface area contributed by atoms with Gasteiger partial charge < -0.3 is 4.98 Å². The molecule has 0 aromatic carbocycles. The number of halogens is 1. The van der Waals surface area contributed by atoms with Gasteiger partial charge in [0, 0.05) is 42.1 Å². The van der Waals surface area contributed by atoms with Gasteiger partial charge in [-0.25, -0.2) is 9.37 Å². The van der Waals surface area contributed by atoms with Crippen molar-refractivity contribution in [1.29, 1.82) is 0 Å². The summed E-state index contributed by atoms with van der Waals surface area (Å²) in [7, 11) is 0. The second kappa shape index (κ2) is 7.02. The first-order valence-electron chi connectivity index (χ1n) is 9.90. The zero-order valence-corrected chi connectivity index (χ0v) is 16.8. The van der Waals surface area contributed by atoms with Crippen molar-refractivity contribution in [3.8, 4) is 34.0 Å². The van der Waals surface area contributed by atoms with Gasteiger partial charge in [-0.05, 0) is 36.8 Å². The minimum atomic E-state index is -0.478. The molecular weight excluding hydrogens is 407 g/mol. The molecule has 0 aliphatic heterocycles. The highest BCUT2D eigenvalue weighted by atomic mass is 19.1. The van der Waals surface area contributed by atoms with E-state index in [1.807, 2.05) is 31.2 Å². The van der Waals surface area contributed by atoms with E-state index >= 15 is 4.39 Å². The van der Waals surface area contributed by atoms with Gasteiger partial charge in [0.05, 0.1) is 28.3 Å². The average molecular weight is 422 g/mol. The molecule has 6 rings (SSSR count). The second-order valence-electron chi connectivity index (χ2n) is 7.36. The molecule has 0 fully saturated rings. The zero-order valence-electron chi connectivity index (χ0n) is 16.8. The largest absolute Gasteiger partial charge is 0.336 e. The Morgan fingerprint density at radius 2 is 1.75 bits per heavy atom. The van der Waals surface area contributed by atoms with Gasteiger partial charge >= 0.3 is 0 Å². The number of nitrogens with zero attached hydrogens (tertiary/aromatic N) is 6. The summed E-state index contributed by atoms with van der Waals surface area (Å²) in [6.07, 6.45) is 9.98. The predicted octanol–water partition coefficient (Wildman–Crippen LogP) is 4.47. The predicted molar refractivity (Wildman–Crippen MR) is 118 cm³/mol. The molecule has 0 saturated heterocycles. The lowest BCUT2D eigenvalue weighted by Crippen LogP contribution is -1.94. The first-order valence-corrected chi connectivity index (χ1v) is 9.90. The SMILES string of the molecule is Cc1ccncc1-c1ncc2[nH]nc(-c3nc4c(-c5cccnc5)nccc4[nH]3)c2c1F. The second-order valence-corrected chi connectivity index (χ2v) is 7.36. The summed E-state index contributed by atoms with van der Waals surface area (Å²) in [5.41, 5.74) is 5.54. The Bertz CT molecular complexity index is 1600. The van der Waals surface area contributed by atoms with Gasteiger partial charge in [-0.2, -0.15) is 5.10 Å². The van der Waals surface area contributed by atoms with Crippen molar-refractivity contribution < 1.29 is 4.39 Å². The summed E-state index contributed by atoms with van der Waals surface area (Å²) in [5, 5.41) is 7.50. The number of rotatable bonds is 3. The first-order chi connectivity index (χ1) is 15.7. The number of hydrogen-bond acceptors (Lipinski definition) is 6. The number of imidazole rings is 1. The molecule has 0 bridgehead atoms. The van der Waals surface area contributed by atoms with E-state index in [9.17, 15) is 0 Å². The molecule has 6 aromatic heterocycles. The van der Waals surface area contributed by atoms with Crippen molar-refractivity contribution >= 4 is 21.9 Å². The zero-order chi connectivity index (χ0) is 21.7. The molecule has 0 aliphatic rings. The quantitative estimate of drug-likeness (QED) is 0.436. The van der Waals surface area contributed by atoms with Crippen molar-refractivity contribution in [2.24, 2.45) is 0 Å². The number of aryl methyl sites for hydroxylation is 1. The van der Waals surface area contributed by atoms with Crippen LogP contribution in [0.15, 0.2) is 61.4 Å². The van der Waals surface area contributed by atoms with Crippen LogP contribution in [0, 0.1) is 12.7 Å². The van der Waals surface area contributed by atoms with Gasteiger partial charge in [-0.1, -0.05) is 0 Å². The number of nitrogens with one attached hydrogen (secondary N) is 2. The molecule has 0 atom stereocenters. The molecule has 0 unspecified atom stereocenters. The van der Waals surface area contributed by atoms with Gasteiger partial charge in [-0.3, -0.25) is 25.0 Å². The summed E-state index contributed by atoms with van der Waals surface area (Å²) in [6, 6.07) is 7.40. The summed E-state index contributed by atoms with van der Waals surface area (Å²) < 4.78 is 15.7. The van der Waals surface area contributed by atoms with Crippen LogP contribution in [-0.4, -0.2) is 40.1 Å². The molecule has 0 saturated carbocycles. The van der Waals surface area contributed by atoms with Crippen molar-refractivity contribution in [2.75, 3.05) is 0 Å². The molecule has 6 aromatic rings. The van der Waals surface area contributed by atoms with Crippen LogP contribution >= 0.6 is 0 Å². The van der Waals surface area contributed by atoms with Crippen molar-refractivity contribution in [1.82, 2.24) is 40.1 Å². The van der Waals surface area contributed by atoms with Crippen molar-refractivity contribution in [3.63, 3.8) is 0 Å². The van der Waals surface area contributed by atoms with E-state index in [1.54, 1.807) is 37.2 Å².